The molecule has 1 aromatic rings. The molecule has 0 amide bonds. The largest absolute Gasteiger partial charge is 0.493 e. The second-order valence-corrected chi connectivity index (χ2v) is 5.91. The minimum absolute atomic E-state index is 0.0660. The van der Waals surface area contributed by atoms with Crippen molar-refractivity contribution in [2.45, 2.75) is 37.6 Å². The summed E-state index contributed by atoms with van der Waals surface area (Å²) in [6.45, 7) is 4.43. The highest BCUT2D eigenvalue weighted by atomic mass is 32.2. The molecule has 1 aromatic heterocycles. The van der Waals surface area contributed by atoms with E-state index >= 15 is 0 Å². The first-order chi connectivity index (χ1) is 8.06. The van der Waals surface area contributed by atoms with E-state index in [1.807, 2.05) is 13.8 Å². The van der Waals surface area contributed by atoms with E-state index in [4.69, 9.17) is 11.5 Å². The third-order valence-electron chi connectivity index (χ3n) is 3.07. The predicted molar refractivity (Wildman–Crippen MR) is 70.2 cm³/mol. The number of fused-ring (bicyclic) bond motifs is 1. The van der Waals surface area contributed by atoms with Crippen LogP contribution in [0.3, 0.4) is 0 Å². The number of aryl methyl sites for hydroxylation is 1. The monoisotopic (exact) mass is 256 g/mol. The lowest BCUT2D eigenvalue weighted by atomic mass is 10.0. The molecule has 0 saturated heterocycles. The maximum atomic E-state index is 10.3. The fourth-order valence-corrected chi connectivity index (χ4v) is 3.48. The van der Waals surface area contributed by atoms with Crippen molar-refractivity contribution < 1.29 is 5.11 Å². The summed E-state index contributed by atoms with van der Waals surface area (Å²) in [7, 11) is 0. The number of thioether (sulfide) groups is 1. The van der Waals surface area contributed by atoms with E-state index in [0.717, 1.165) is 23.4 Å². The lowest BCUT2D eigenvalue weighted by Crippen LogP contribution is -2.36. The first kappa shape index (κ1) is 12.7. The zero-order valence-electron chi connectivity index (χ0n) is 10.3. The average Bonchev–Trinajstić information content (AvgIpc) is 2.66. The third kappa shape index (κ3) is 2.17. The highest BCUT2D eigenvalue weighted by molar-refractivity contribution is 7.99. The van der Waals surface area contributed by atoms with Crippen molar-refractivity contribution in [3.8, 4) is 5.88 Å². The summed E-state index contributed by atoms with van der Waals surface area (Å²) in [5.74, 6) is 1.25. The molecule has 5 N–H and O–H groups in total. The Bertz CT molecular complexity index is 404. The van der Waals surface area contributed by atoms with Gasteiger partial charge in [-0.2, -0.15) is 16.9 Å². The zero-order valence-corrected chi connectivity index (χ0v) is 11.1. The minimum atomic E-state index is -0.130. The van der Waals surface area contributed by atoms with Crippen LogP contribution in [-0.4, -0.2) is 33.2 Å². The number of nitrogens with zero attached hydrogens (tertiary/aromatic N) is 2. The Kier molecular flexibility index (Phi) is 3.65. The lowest BCUT2D eigenvalue weighted by Gasteiger charge is -2.25. The Balaban J connectivity index is 2.43. The van der Waals surface area contributed by atoms with E-state index in [0.29, 0.717) is 6.54 Å². The molecule has 2 heterocycles. The van der Waals surface area contributed by atoms with Gasteiger partial charge in [-0.15, -0.1) is 0 Å². The van der Waals surface area contributed by atoms with Crippen LogP contribution < -0.4 is 11.5 Å². The highest BCUT2D eigenvalue weighted by Gasteiger charge is 2.32. The molecule has 0 bridgehead atoms. The first-order valence-electron chi connectivity index (χ1n) is 5.93. The van der Waals surface area contributed by atoms with Gasteiger partial charge in [0.15, 0.2) is 0 Å². The van der Waals surface area contributed by atoms with Crippen LogP contribution in [0.1, 0.15) is 36.4 Å². The molecule has 0 aliphatic carbocycles. The second kappa shape index (κ2) is 4.88. The average molecular weight is 256 g/mol. The number of aromatic hydroxyl groups is 1. The molecule has 6 heteroatoms. The molecule has 0 aromatic carbocycles. The number of hydrogen-bond acceptors (Lipinski definition) is 5. The van der Waals surface area contributed by atoms with Crippen molar-refractivity contribution in [2.24, 2.45) is 11.5 Å². The molecule has 0 spiro atoms. The minimum Gasteiger partial charge on any atom is -0.493 e. The molecular weight excluding hydrogens is 236 g/mol. The van der Waals surface area contributed by atoms with Gasteiger partial charge in [-0.3, -0.25) is 0 Å². The Morgan fingerprint density at radius 1 is 1.59 bits per heavy atom. The van der Waals surface area contributed by atoms with Gasteiger partial charge >= 0.3 is 0 Å². The summed E-state index contributed by atoms with van der Waals surface area (Å²) in [4.78, 5) is 0. The summed E-state index contributed by atoms with van der Waals surface area (Å²) in [6, 6.07) is 0.0233. The molecule has 17 heavy (non-hydrogen) atoms. The molecular formula is C11H20N4OS. The standard InChI is InChI=1S/C11H20N4OS/c1-6(2)15-11(16)9-8(14-15)3-4-17-10(9)7(13)5-12/h6-7,10,16H,3-5,12-13H2,1-2H3. The van der Waals surface area contributed by atoms with Crippen LogP contribution in [0.5, 0.6) is 5.88 Å². The van der Waals surface area contributed by atoms with Gasteiger partial charge in [0, 0.05) is 19.0 Å². The SMILES string of the molecule is CC(C)n1nc2c(c1O)C(C(N)CN)SCC2. The Labute approximate surface area is 106 Å². The summed E-state index contributed by atoms with van der Waals surface area (Å²) in [5.41, 5.74) is 13.5. The predicted octanol–water partition coefficient (Wildman–Crippen LogP) is 0.786. The normalized spacial score (nSPS) is 21.6. The van der Waals surface area contributed by atoms with Crippen molar-refractivity contribution in [1.82, 2.24) is 9.78 Å². The molecule has 96 valence electrons. The summed E-state index contributed by atoms with van der Waals surface area (Å²) >= 11 is 1.76. The molecule has 1 aliphatic rings. The molecule has 2 unspecified atom stereocenters. The van der Waals surface area contributed by atoms with Gasteiger partial charge < -0.3 is 16.6 Å². The smallest absolute Gasteiger partial charge is 0.214 e. The number of hydrogen-bond donors (Lipinski definition) is 3. The summed E-state index contributed by atoms with van der Waals surface area (Å²) in [5, 5.41) is 14.8. The Morgan fingerprint density at radius 2 is 2.29 bits per heavy atom. The highest BCUT2D eigenvalue weighted by Crippen LogP contribution is 2.43. The van der Waals surface area contributed by atoms with Gasteiger partial charge in [0.25, 0.3) is 0 Å². The van der Waals surface area contributed by atoms with Crippen LogP contribution in [0.2, 0.25) is 0 Å². The van der Waals surface area contributed by atoms with E-state index in [-0.39, 0.29) is 23.2 Å². The van der Waals surface area contributed by atoms with Crippen molar-refractivity contribution in [3.63, 3.8) is 0 Å². The van der Waals surface area contributed by atoms with E-state index in [1.54, 1.807) is 16.4 Å². The number of rotatable bonds is 3. The van der Waals surface area contributed by atoms with Crippen LogP contribution in [0.15, 0.2) is 0 Å². The maximum Gasteiger partial charge on any atom is 0.214 e. The van der Waals surface area contributed by atoms with E-state index in [1.165, 1.54) is 0 Å². The quantitative estimate of drug-likeness (QED) is 0.743. The maximum absolute atomic E-state index is 10.3. The van der Waals surface area contributed by atoms with Gasteiger partial charge in [-0.1, -0.05) is 0 Å². The van der Waals surface area contributed by atoms with E-state index in [9.17, 15) is 5.11 Å². The molecule has 1 aliphatic heterocycles. The Hall–Kier alpha value is -0.720. The summed E-state index contributed by atoms with van der Waals surface area (Å²) in [6.07, 6.45) is 0.890. The molecule has 2 atom stereocenters. The summed E-state index contributed by atoms with van der Waals surface area (Å²) < 4.78 is 1.67. The Morgan fingerprint density at radius 3 is 2.88 bits per heavy atom. The molecule has 0 fully saturated rings. The van der Waals surface area contributed by atoms with Crippen molar-refractivity contribution in [3.05, 3.63) is 11.3 Å². The number of nitrogens with two attached hydrogens (primary N) is 2. The molecule has 5 nitrogen and oxygen atoms in total. The second-order valence-electron chi connectivity index (χ2n) is 4.66. The van der Waals surface area contributed by atoms with Crippen molar-refractivity contribution in [2.75, 3.05) is 12.3 Å². The van der Waals surface area contributed by atoms with Crippen LogP contribution in [-0.2, 0) is 6.42 Å². The van der Waals surface area contributed by atoms with Gasteiger partial charge in [0.2, 0.25) is 5.88 Å². The third-order valence-corrected chi connectivity index (χ3v) is 4.45. The zero-order chi connectivity index (χ0) is 12.6. The van der Waals surface area contributed by atoms with Crippen LogP contribution >= 0.6 is 11.8 Å². The van der Waals surface area contributed by atoms with Gasteiger partial charge in [-0.25, -0.2) is 4.68 Å². The van der Waals surface area contributed by atoms with E-state index < -0.39 is 0 Å². The van der Waals surface area contributed by atoms with Gasteiger partial charge in [0.05, 0.1) is 22.5 Å². The van der Waals surface area contributed by atoms with Crippen molar-refractivity contribution in [1.29, 1.82) is 0 Å². The molecule has 0 saturated carbocycles. The lowest BCUT2D eigenvalue weighted by molar-refractivity contribution is 0.372. The van der Waals surface area contributed by atoms with Gasteiger partial charge in [-0.05, 0) is 19.6 Å². The number of aromatic nitrogens is 2. The van der Waals surface area contributed by atoms with Crippen LogP contribution in [0, 0.1) is 0 Å². The molecule has 2 rings (SSSR count). The van der Waals surface area contributed by atoms with E-state index in [2.05, 4.69) is 5.10 Å². The fraction of sp³-hybridized carbons (Fsp3) is 0.727. The van der Waals surface area contributed by atoms with Crippen molar-refractivity contribution >= 4 is 11.8 Å². The van der Waals surface area contributed by atoms with Gasteiger partial charge in [0.1, 0.15) is 0 Å². The fourth-order valence-electron chi connectivity index (χ4n) is 2.15. The topological polar surface area (TPSA) is 90.1 Å². The molecule has 0 radical (unpaired) electrons. The van der Waals surface area contributed by atoms with Crippen LogP contribution in [0.4, 0.5) is 0 Å². The first-order valence-corrected chi connectivity index (χ1v) is 6.98. The van der Waals surface area contributed by atoms with Crippen LogP contribution in [0.25, 0.3) is 0 Å².